The summed E-state index contributed by atoms with van der Waals surface area (Å²) in [6.45, 7) is 6.94. The molecule has 1 aliphatic heterocycles. The van der Waals surface area contributed by atoms with Gasteiger partial charge in [-0.25, -0.2) is 4.98 Å². The van der Waals surface area contributed by atoms with E-state index in [1.165, 1.54) is 0 Å². The molecule has 0 bridgehead atoms. The number of allylic oxidation sites excluding steroid dienone is 1. The highest BCUT2D eigenvalue weighted by Crippen LogP contribution is 2.26. The van der Waals surface area contributed by atoms with Crippen LogP contribution >= 0.6 is 0 Å². The molecule has 1 fully saturated rings. The highest BCUT2D eigenvalue weighted by Gasteiger charge is 2.32. The molecule has 7 heteroatoms. The molecule has 4 rings (SSSR count). The van der Waals surface area contributed by atoms with Gasteiger partial charge in [0.25, 0.3) is 11.8 Å². The molecule has 7 nitrogen and oxygen atoms in total. The number of nitrogens with one attached hydrogen (secondary N) is 1. The Morgan fingerprint density at radius 3 is 2.76 bits per heavy atom. The van der Waals surface area contributed by atoms with Crippen LogP contribution in [0, 0.1) is 24.2 Å². The Hall–Kier alpha value is -3.92. The van der Waals surface area contributed by atoms with Gasteiger partial charge in [0.1, 0.15) is 11.6 Å². The van der Waals surface area contributed by atoms with Crippen molar-refractivity contribution in [1.82, 2.24) is 14.5 Å². The van der Waals surface area contributed by atoms with Gasteiger partial charge in [-0.1, -0.05) is 49.8 Å². The molecule has 34 heavy (non-hydrogen) atoms. The zero-order chi connectivity index (χ0) is 24.2. The van der Waals surface area contributed by atoms with E-state index in [0.717, 1.165) is 29.4 Å². The standard InChI is InChI=1S/C27H29N5O2/c1-18(2)14-21(16-28)26(34)31-13-7-10-22(31)17-32-24-12-5-4-11-23(24)29-27(32)30-25(33)20-9-6-8-19(3)15-20/h4-6,8-9,11-12,14-15,18,22H,7,10,13,17H2,1-3H3,(H,29,30,33)/b21-14+/t22-/m1/s1. The first-order valence-electron chi connectivity index (χ1n) is 11.6. The van der Waals surface area contributed by atoms with Crippen LogP contribution in [0.25, 0.3) is 11.0 Å². The number of aryl methyl sites for hydroxylation is 1. The number of nitrogens with zero attached hydrogens (tertiary/aromatic N) is 4. The van der Waals surface area contributed by atoms with E-state index in [1.54, 1.807) is 17.0 Å². The van der Waals surface area contributed by atoms with Crippen LogP contribution in [-0.2, 0) is 11.3 Å². The van der Waals surface area contributed by atoms with E-state index in [0.29, 0.717) is 24.6 Å². The quantitative estimate of drug-likeness (QED) is 0.431. The number of likely N-dealkylation sites (tertiary alicyclic amines) is 1. The van der Waals surface area contributed by atoms with Gasteiger partial charge in [0, 0.05) is 18.7 Å². The fourth-order valence-corrected chi connectivity index (χ4v) is 4.46. The topological polar surface area (TPSA) is 91.0 Å². The van der Waals surface area contributed by atoms with Crippen molar-refractivity contribution in [3.8, 4) is 6.07 Å². The van der Waals surface area contributed by atoms with E-state index in [1.807, 2.05) is 67.8 Å². The van der Waals surface area contributed by atoms with E-state index in [-0.39, 0.29) is 29.3 Å². The zero-order valence-corrected chi connectivity index (χ0v) is 19.8. The normalized spacial score (nSPS) is 16.1. The summed E-state index contributed by atoms with van der Waals surface area (Å²) in [6, 6.07) is 17.1. The summed E-state index contributed by atoms with van der Waals surface area (Å²) in [5, 5.41) is 12.5. The summed E-state index contributed by atoms with van der Waals surface area (Å²) in [5.74, 6) is 0.102. The van der Waals surface area contributed by atoms with E-state index in [2.05, 4.69) is 16.4 Å². The fourth-order valence-electron chi connectivity index (χ4n) is 4.46. The minimum absolute atomic E-state index is 0.0939. The molecule has 1 aliphatic rings. The molecule has 2 aromatic carbocycles. The van der Waals surface area contributed by atoms with Crippen molar-refractivity contribution in [1.29, 1.82) is 5.26 Å². The number of anilines is 1. The molecule has 3 aromatic rings. The summed E-state index contributed by atoms with van der Waals surface area (Å²) in [4.78, 5) is 32.6. The molecular weight excluding hydrogens is 426 g/mol. The lowest BCUT2D eigenvalue weighted by Crippen LogP contribution is -2.39. The molecule has 1 atom stereocenters. The van der Waals surface area contributed by atoms with Gasteiger partial charge < -0.3 is 9.47 Å². The molecule has 0 unspecified atom stereocenters. The molecule has 0 radical (unpaired) electrons. The lowest BCUT2D eigenvalue weighted by Gasteiger charge is -2.26. The number of carbonyl (C=O) groups is 2. The van der Waals surface area contributed by atoms with Crippen LogP contribution in [-0.4, -0.2) is 38.9 Å². The monoisotopic (exact) mass is 455 g/mol. The van der Waals surface area contributed by atoms with Gasteiger partial charge >= 0.3 is 0 Å². The third-order valence-electron chi connectivity index (χ3n) is 6.04. The minimum atomic E-state index is -0.230. The van der Waals surface area contributed by atoms with Gasteiger partial charge in [-0.3, -0.25) is 14.9 Å². The van der Waals surface area contributed by atoms with Gasteiger partial charge in [-0.05, 0) is 49.9 Å². The van der Waals surface area contributed by atoms with Crippen LogP contribution < -0.4 is 5.32 Å². The number of aromatic nitrogens is 2. The van der Waals surface area contributed by atoms with Gasteiger partial charge in [-0.15, -0.1) is 0 Å². The van der Waals surface area contributed by atoms with Crippen molar-refractivity contribution < 1.29 is 9.59 Å². The van der Waals surface area contributed by atoms with E-state index in [4.69, 9.17) is 0 Å². The molecule has 1 N–H and O–H groups in total. The van der Waals surface area contributed by atoms with Crippen LogP contribution in [0.2, 0.25) is 0 Å². The van der Waals surface area contributed by atoms with Crippen LogP contribution in [0.15, 0.2) is 60.2 Å². The number of para-hydroxylation sites is 2. The molecular formula is C27H29N5O2. The lowest BCUT2D eigenvalue weighted by molar-refractivity contribution is -0.127. The Kier molecular flexibility index (Phi) is 6.78. The minimum Gasteiger partial charge on any atom is -0.333 e. The third kappa shape index (κ3) is 4.86. The van der Waals surface area contributed by atoms with E-state index < -0.39 is 0 Å². The summed E-state index contributed by atoms with van der Waals surface area (Å²) in [5.41, 5.74) is 3.41. The van der Waals surface area contributed by atoms with Crippen molar-refractivity contribution in [2.45, 2.75) is 46.2 Å². The molecule has 1 saturated heterocycles. The second-order valence-corrected chi connectivity index (χ2v) is 9.09. The smallest absolute Gasteiger partial charge is 0.264 e. The molecule has 2 heterocycles. The van der Waals surface area contributed by atoms with Gasteiger partial charge in [-0.2, -0.15) is 5.26 Å². The number of carbonyl (C=O) groups excluding carboxylic acids is 2. The predicted octanol–water partition coefficient (Wildman–Crippen LogP) is 4.69. The maximum atomic E-state index is 13.1. The van der Waals surface area contributed by atoms with Gasteiger partial charge in [0.15, 0.2) is 0 Å². The fraction of sp³-hybridized carbons (Fsp3) is 0.333. The van der Waals surface area contributed by atoms with Crippen LogP contribution in [0.4, 0.5) is 5.95 Å². The summed E-state index contributed by atoms with van der Waals surface area (Å²) < 4.78 is 1.97. The number of hydrogen-bond donors (Lipinski definition) is 1. The summed E-state index contributed by atoms with van der Waals surface area (Å²) in [7, 11) is 0. The van der Waals surface area contributed by atoms with Gasteiger partial charge in [0.2, 0.25) is 5.95 Å². The first-order valence-corrected chi connectivity index (χ1v) is 11.6. The summed E-state index contributed by atoms with van der Waals surface area (Å²) in [6.07, 6.45) is 3.41. The maximum absolute atomic E-state index is 13.1. The van der Waals surface area contributed by atoms with Crippen molar-refractivity contribution in [3.05, 3.63) is 71.3 Å². The lowest BCUT2D eigenvalue weighted by atomic mass is 10.1. The Labute approximate surface area is 199 Å². The Morgan fingerprint density at radius 2 is 2.03 bits per heavy atom. The highest BCUT2D eigenvalue weighted by molar-refractivity contribution is 6.04. The van der Waals surface area contributed by atoms with Crippen molar-refractivity contribution in [3.63, 3.8) is 0 Å². The number of benzene rings is 2. The third-order valence-corrected chi connectivity index (χ3v) is 6.04. The average molecular weight is 456 g/mol. The molecule has 0 saturated carbocycles. The van der Waals surface area contributed by atoms with Crippen molar-refractivity contribution in [2.24, 2.45) is 5.92 Å². The maximum Gasteiger partial charge on any atom is 0.264 e. The second kappa shape index (κ2) is 9.92. The van der Waals surface area contributed by atoms with E-state index in [9.17, 15) is 14.9 Å². The highest BCUT2D eigenvalue weighted by atomic mass is 16.2. The first kappa shape index (κ1) is 23.2. The Bertz CT molecular complexity index is 1300. The second-order valence-electron chi connectivity index (χ2n) is 9.09. The SMILES string of the molecule is Cc1cccc(C(=O)Nc2nc3ccccc3n2C[C@H]2CCCN2C(=O)/C(C#N)=C/C(C)C)c1. The predicted molar refractivity (Wildman–Crippen MR) is 132 cm³/mol. The molecule has 174 valence electrons. The van der Waals surface area contributed by atoms with Crippen LogP contribution in [0.3, 0.4) is 0 Å². The molecule has 1 aromatic heterocycles. The Morgan fingerprint density at radius 1 is 1.24 bits per heavy atom. The van der Waals surface area contributed by atoms with Crippen LogP contribution in [0.5, 0.6) is 0 Å². The summed E-state index contributed by atoms with van der Waals surface area (Å²) >= 11 is 0. The number of hydrogen-bond acceptors (Lipinski definition) is 4. The van der Waals surface area contributed by atoms with Gasteiger partial charge in [0.05, 0.1) is 17.1 Å². The van der Waals surface area contributed by atoms with E-state index >= 15 is 0 Å². The first-order chi connectivity index (χ1) is 16.4. The zero-order valence-electron chi connectivity index (χ0n) is 19.8. The average Bonchev–Trinajstić information content (AvgIpc) is 3.42. The number of imidazole rings is 1. The molecule has 0 spiro atoms. The number of amides is 2. The number of rotatable bonds is 6. The number of fused-ring (bicyclic) bond motifs is 1. The molecule has 2 amide bonds. The molecule has 0 aliphatic carbocycles. The van der Waals surface area contributed by atoms with Crippen molar-refractivity contribution >= 4 is 28.8 Å². The Balaban J connectivity index is 1.64. The van der Waals surface area contributed by atoms with Crippen LogP contribution in [0.1, 0.15) is 42.6 Å². The number of nitriles is 1. The largest absolute Gasteiger partial charge is 0.333 e. The van der Waals surface area contributed by atoms with Crippen molar-refractivity contribution in [2.75, 3.05) is 11.9 Å².